The number of benzene rings is 2. The molecule has 0 fully saturated rings. The molecule has 0 bridgehead atoms. The van der Waals surface area contributed by atoms with E-state index in [9.17, 15) is 71.1 Å². The number of amides is 2. The van der Waals surface area contributed by atoms with Gasteiger partial charge in [0.05, 0.1) is 22.5 Å². The third-order valence-electron chi connectivity index (χ3n) is 4.71. The monoisotopic (exact) mass is 576 g/mol. The maximum Gasteiger partial charge on any atom is 0.418 e. The first kappa shape index (κ1) is 30.6. The second-order valence-electron chi connectivity index (χ2n) is 7.29. The number of nitrogens with one attached hydrogen (secondary N) is 2. The van der Waals surface area contributed by atoms with E-state index in [0.29, 0.717) is 34.9 Å². The molecule has 0 aliphatic rings. The van der Waals surface area contributed by atoms with Crippen molar-refractivity contribution in [3.8, 4) is 0 Å². The Kier molecular flexibility index (Phi) is 7.75. The van der Waals surface area contributed by atoms with Crippen molar-refractivity contribution < 1.29 is 71.1 Å². The first-order valence-corrected chi connectivity index (χ1v) is 9.46. The summed E-state index contributed by atoms with van der Waals surface area (Å²) in [6, 6.07) is 3.49. The van der Waals surface area contributed by atoms with Crippen molar-refractivity contribution >= 4 is 23.2 Å². The molecular weight excluding hydrogens is 566 g/mol. The van der Waals surface area contributed by atoms with Crippen LogP contribution in [0.1, 0.15) is 11.1 Å². The molecule has 0 aliphatic carbocycles. The van der Waals surface area contributed by atoms with Crippen molar-refractivity contribution in [3.63, 3.8) is 0 Å². The van der Waals surface area contributed by atoms with Crippen LogP contribution in [0.3, 0.4) is 0 Å². The number of carbonyl (C=O) groups excluding carboxylic acids is 2. The molecule has 0 aliphatic heterocycles. The van der Waals surface area contributed by atoms with E-state index in [0.717, 1.165) is 0 Å². The minimum absolute atomic E-state index is 0.164. The Balaban J connectivity index is 2.43. The molecule has 0 heterocycles. The van der Waals surface area contributed by atoms with Crippen LogP contribution in [0, 0.1) is 0 Å². The summed E-state index contributed by atoms with van der Waals surface area (Å²) in [5.74, 6) is -36.0. The molecule has 2 aromatic carbocycles. The Labute approximate surface area is 201 Å². The highest BCUT2D eigenvalue weighted by molar-refractivity contribution is 5.99. The van der Waals surface area contributed by atoms with Gasteiger partial charge in [-0.2, -0.15) is 61.5 Å². The number of carbonyl (C=O) groups is 2. The maximum atomic E-state index is 14.1. The number of halogens is 14. The zero-order valence-corrected chi connectivity index (χ0v) is 17.7. The molecule has 210 valence electrons. The van der Waals surface area contributed by atoms with Crippen molar-refractivity contribution in [2.24, 2.45) is 0 Å². The topological polar surface area (TPSA) is 58.2 Å². The Morgan fingerprint density at radius 2 is 0.737 bits per heavy atom. The molecule has 2 amide bonds. The van der Waals surface area contributed by atoms with E-state index in [4.69, 9.17) is 0 Å². The van der Waals surface area contributed by atoms with Gasteiger partial charge in [-0.25, -0.2) is 0 Å². The fourth-order valence-corrected chi connectivity index (χ4v) is 2.76. The number of hydrogen-bond acceptors (Lipinski definition) is 2. The predicted molar refractivity (Wildman–Crippen MR) is 99.9 cm³/mol. The van der Waals surface area contributed by atoms with Crippen LogP contribution in [-0.2, 0) is 21.9 Å². The van der Waals surface area contributed by atoms with Gasteiger partial charge in [0, 0.05) is 0 Å². The first-order valence-electron chi connectivity index (χ1n) is 9.46. The van der Waals surface area contributed by atoms with Gasteiger partial charge in [0.15, 0.2) is 0 Å². The molecule has 0 saturated carbocycles. The number of para-hydroxylation sites is 2. The van der Waals surface area contributed by atoms with Gasteiger partial charge in [-0.05, 0) is 24.3 Å². The summed E-state index contributed by atoms with van der Waals surface area (Å²) < 4.78 is 190. The Hall–Kier alpha value is -3.60. The van der Waals surface area contributed by atoms with Crippen LogP contribution in [0.5, 0.6) is 0 Å². The molecule has 0 atom stereocenters. The number of alkyl halides is 14. The maximum absolute atomic E-state index is 14.1. The fourth-order valence-electron chi connectivity index (χ4n) is 2.76. The highest BCUT2D eigenvalue weighted by Crippen LogP contribution is 2.53. The molecule has 0 aromatic heterocycles. The molecule has 2 aromatic rings. The van der Waals surface area contributed by atoms with Gasteiger partial charge in [-0.3, -0.25) is 9.59 Å². The average Bonchev–Trinajstić information content (AvgIpc) is 2.77. The molecule has 4 nitrogen and oxygen atoms in total. The lowest BCUT2D eigenvalue weighted by molar-refractivity contribution is -0.345. The lowest BCUT2D eigenvalue weighted by Crippen LogP contribution is -2.67. The highest BCUT2D eigenvalue weighted by Gasteiger charge is 2.84. The molecular formula is C20H10F14N2O2. The third-order valence-corrected chi connectivity index (χ3v) is 4.71. The second kappa shape index (κ2) is 9.61. The van der Waals surface area contributed by atoms with E-state index in [-0.39, 0.29) is 24.3 Å². The predicted octanol–water partition coefficient (Wildman–Crippen LogP) is 6.84. The van der Waals surface area contributed by atoms with E-state index in [1.807, 2.05) is 0 Å². The van der Waals surface area contributed by atoms with Crippen LogP contribution in [0.25, 0.3) is 0 Å². The van der Waals surface area contributed by atoms with Gasteiger partial charge in [-0.1, -0.05) is 24.3 Å². The summed E-state index contributed by atoms with van der Waals surface area (Å²) >= 11 is 0. The lowest BCUT2D eigenvalue weighted by atomic mass is 9.97. The smallest absolute Gasteiger partial charge is 0.320 e. The quantitative estimate of drug-likeness (QED) is 0.355. The fraction of sp³-hybridized carbons (Fsp3) is 0.300. The standard InChI is InChI=1S/C20H10F14N2O2/c21-15(22,13(37)35-11-7-3-1-5-9(11)17(25,26)27)19(31,32)20(33,34)16(23,24)14(38)36-12-8-4-2-6-10(12)18(28,29)30/h1-8H,(H,35,37)(H,36,38). The zero-order chi connectivity index (χ0) is 29.5. The van der Waals surface area contributed by atoms with Crippen molar-refractivity contribution in [1.29, 1.82) is 0 Å². The van der Waals surface area contributed by atoms with Gasteiger partial charge >= 0.3 is 47.9 Å². The van der Waals surface area contributed by atoms with Crippen molar-refractivity contribution in [2.75, 3.05) is 10.6 Å². The van der Waals surface area contributed by atoms with Crippen molar-refractivity contribution in [1.82, 2.24) is 0 Å². The first-order chi connectivity index (χ1) is 17.0. The van der Waals surface area contributed by atoms with E-state index in [1.54, 1.807) is 0 Å². The van der Waals surface area contributed by atoms with E-state index in [2.05, 4.69) is 0 Å². The molecule has 0 spiro atoms. The van der Waals surface area contributed by atoms with Crippen LogP contribution in [0.15, 0.2) is 48.5 Å². The zero-order valence-electron chi connectivity index (χ0n) is 17.7. The summed E-state index contributed by atoms with van der Waals surface area (Å²) in [4.78, 5) is 23.3. The van der Waals surface area contributed by atoms with Gasteiger partial charge in [0.25, 0.3) is 0 Å². The average molecular weight is 576 g/mol. The Morgan fingerprint density at radius 3 is 1.00 bits per heavy atom. The Morgan fingerprint density at radius 1 is 0.474 bits per heavy atom. The highest BCUT2D eigenvalue weighted by atomic mass is 19.4. The second-order valence-corrected chi connectivity index (χ2v) is 7.29. The molecule has 0 saturated heterocycles. The SMILES string of the molecule is O=C(Nc1ccccc1C(F)(F)F)C(F)(F)C(F)(F)C(F)(F)C(F)(F)C(=O)Nc1ccccc1C(F)(F)F. The minimum atomic E-state index is -7.48. The van der Waals surface area contributed by atoms with E-state index < -0.39 is 70.4 Å². The summed E-state index contributed by atoms with van der Waals surface area (Å²) in [6.45, 7) is 0. The molecule has 2 N–H and O–H groups in total. The van der Waals surface area contributed by atoms with Gasteiger partial charge in [-0.15, -0.1) is 0 Å². The Bertz CT molecular complexity index is 1110. The van der Waals surface area contributed by atoms with Gasteiger partial charge < -0.3 is 10.6 Å². The summed E-state index contributed by atoms with van der Waals surface area (Å²) in [7, 11) is 0. The molecule has 0 unspecified atom stereocenters. The van der Waals surface area contributed by atoms with Gasteiger partial charge in [0.2, 0.25) is 0 Å². The molecule has 2 rings (SSSR count). The summed E-state index contributed by atoms with van der Waals surface area (Å²) in [5.41, 5.74) is -7.10. The number of rotatable bonds is 7. The van der Waals surface area contributed by atoms with Crippen molar-refractivity contribution in [2.45, 2.75) is 36.0 Å². The van der Waals surface area contributed by atoms with Crippen molar-refractivity contribution in [3.05, 3.63) is 59.7 Å². The van der Waals surface area contributed by atoms with Crippen LogP contribution in [-0.4, -0.2) is 35.5 Å². The van der Waals surface area contributed by atoms with E-state index in [1.165, 1.54) is 0 Å². The van der Waals surface area contributed by atoms with Crippen LogP contribution < -0.4 is 10.6 Å². The van der Waals surface area contributed by atoms with Crippen LogP contribution in [0.2, 0.25) is 0 Å². The van der Waals surface area contributed by atoms with Gasteiger partial charge in [0.1, 0.15) is 0 Å². The largest absolute Gasteiger partial charge is 0.418 e. The summed E-state index contributed by atoms with van der Waals surface area (Å²) in [5, 5.41) is 1.17. The lowest BCUT2D eigenvalue weighted by Gasteiger charge is -2.35. The van der Waals surface area contributed by atoms with Crippen LogP contribution in [0.4, 0.5) is 72.8 Å². The summed E-state index contributed by atoms with van der Waals surface area (Å²) in [6.07, 6.45) is -10.8. The third kappa shape index (κ3) is 5.33. The van der Waals surface area contributed by atoms with Crippen LogP contribution >= 0.6 is 0 Å². The van der Waals surface area contributed by atoms with E-state index >= 15 is 0 Å². The number of anilines is 2. The molecule has 0 radical (unpaired) electrons. The molecule has 38 heavy (non-hydrogen) atoms. The normalized spacial score (nSPS) is 13.7. The molecule has 18 heteroatoms. The number of hydrogen-bond donors (Lipinski definition) is 2. The minimum Gasteiger partial charge on any atom is -0.320 e.